The van der Waals surface area contributed by atoms with Crippen LogP contribution in [0.15, 0.2) is 108 Å². The Kier molecular flexibility index (Phi) is 6.57. The summed E-state index contributed by atoms with van der Waals surface area (Å²) in [6.07, 6.45) is 1.73. The lowest BCUT2D eigenvalue weighted by atomic mass is 9.96. The van der Waals surface area contributed by atoms with Crippen molar-refractivity contribution < 1.29 is 13.9 Å². The van der Waals surface area contributed by atoms with Crippen molar-refractivity contribution in [2.45, 2.75) is 29.9 Å². The van der Waals surface area contributed by atoms with Crippen molar-refractivity contribution in [2.75, 3.05) is 6.61 Å². The van der Waals surface area contributed by atoms with Crippen LogP contribution in [-0.2, 0) is 9.53 Å². The van der Waals surface area contributed by atoms with E-state index in [1.807, 2.05) is 72.8 Å². The fourth-order valence-electron chi connectivity index (χ4n) is 3.94. The van der Waals surface area contributed by atoms with E-state index < -0.39 is 12.0 Å². The SMILES string of the molecule is CCOC(=O)C1=C(C)N=c2s/c(=C/c3ccc(Sc4ccccc4)o3)c(=O)n2[C@@H]1c1ccccc1. The van der Waals surface area contributed by atoms with Crippen LogP contribution in [0.5, 0.6) is 0 Å². The van der Waals surface area contributed by atoms with Crippen molar-refractivity contribution in [3.05, 3.63) is 115 Å². The van der Waals surface area contributed by atoms with E-state index in [0.29, 0.717) is 26.4 Å². The lowest BCUT2D eigenvalue weighted by Crippen LogP contribution is -2.39. The zero-order valence-electron chi connectivity index (χ0n) is 19.1. The van der Waals surface area contributed by atoms with Gasteiger partial charge in [-0.15, -0.1) is 0 Å². The normalized spacial score (nSPS) is 15.6. The molecule has 0 saturated heterocycles. The minimum atomic E-state index is -0.616. The maximum absolute atomic E-state index is 13.6. The second kappa shape index (κ2) is 9.93. The Balaban J connectivity index is 1.58. The molecule has 0 aliphatic carbocycles. The molecule has 5 rings (SSSR count). The molecule has 8 heteroatoms. The van der Waals surface area contributed by atoms with Crippen LogP contribution in [0.1, 0.15) is 31.2 Å². The zero-order chi connectivity index (χ0) is 24.4. The number of fused-ring (bicyclic) bond motifs is 1. The summed E-state index contributed by atoms with van der Waals surface area (Å²) in [5.74, 6) is 0.108. The number of aromatic nitrogens is 1. The molecule has 0 unspecified atom stereocenters. The summed E-state index contributed by atoms with van der Waals surface area (Å²) in [5.41, 5.74) is 1.50. The van der Waals surface area contributed by atoms with Crippen molar-refractivity contribution in [3.63, 3.8) is 0 Å². The van der Waals surface area contributed by atoms with Crippen LogP contribution in [0.25, 0.3) is 6.08 Å². The van der Waals surface area contributed by atoms with Gasteiger partial charge in [0.15, 0.2) is 9.89 Å². The number of ether oxygens (including phenoxy) is 1. The molecule has 1 atom stereocenters. The number of nitrogens with zero attached hydrogens (tertiary/aromatic N) is 2. The molecule has 176 valence electrons. The van der Waals surface area contributed by atoms with Gasteiger partial charge in [-0.1, -0.05) is 71.6 Å². The van der Waals surface area contributed by atoms with E-state index in [1.54, 1.807) is 24.5 Å². The van der Waals surface area contributed by atoms with E-state index in [0.717, 1.165) is 15.6 Å². The summed E-state index contributed by atoms with van der Waals surface area (Å²) >= 11 is 2.79. The molecule has 0 N–H and O–H groups in total. The van der Waals surface area contributed by atoms with E-state index in [1.165, 1.54) is 23.1 Å². The van der Waals surface area contributed by atoms with E-state index >= 15 is 0 Å². The highest BCUT2D eigenvalue weighted by molar-refractivity contribution is 7.99. The molecule has 1 aliphatic heterocycles. The van der Waals surface area contributed by atoms with Gasteiger partial charge in [0.2, 0.25) is 0 Å². The smallest absolute Gasteiger partial charge is 0.338 e. The number of thiazole rings is 1. The van der Waals surface area contributed by atoms with Gasteiger partial charge in [-0.2, -0.15) is 0 Å². The third-order valence-corrected chi connectivity index (χ3v) is 7.38. The fraction of sp³-hybridized carbons (Fsp3) is 0.148. The number of benzene rings is 2. The van der Waals surface area contributed by atoms with Crippen LogP contribution in [0, 0.1) is 0 Å². The number of hydrogen-bond acceptors (Lipinski definition) is 7. The average molecular weight is 503 g/mol. The highest BCUT2D eigenvalue weighted by atomic mass is 32.2. The zero-order valence-corrected chi connectivity index (χ0v) is 20.8. The highest BCUT2D eigenvalue weighted by Gasteiger charge is 2.33. The Labute approximate surface area is 209 Å². The minimum Gasteiger partial charge on any atom is -0.463 e. The molecule has 0 radical (unpaired) electrons. The standard InChI is InChI=1S/C27H22N2O4S2/c1-3-32-26(31)23-17(2)28-27-29(24(23)18-10-6-4-7-11-18)25(30)21(35-27)16-19-14-15-22(33-19)34-20-12-8-5-9-13-20/h4-16,24H,3H2,1-2H3/b21-16+/t24-/m1/s1. The van der Waals surface area contributed by atoms with Crippen molar-refractivity contribution >= 4 is 35.1 Å². The Morgan fingerprint density at radius 2 is 1.83 bits per heavy atom. The number of carbonyl (C=O) groups excluding carboxylic acids is 1. The maximum Gasteiger partial charge on any atom is 0.338 e. The number of allylic oxidation sites excluding steroid dienone is 1. The molecule has 6 nitrogen and oxygen atoms in total. The van der Waals surface area contributed by atoms with Crippen LogP contribution in [0.3, 0.4) is 0 Å². The third kappa shape index (κ3) is 4.67. The summed E-state index contributed by atoms with van der Waals surface area (Å²) in [6, 6.07) is 22.5. The molecule has 0 saturated carbocycles. The first-order valence-corrected chi connectivity index (χ1v) is 12.8. The largest absolute Gasteiger partial charge is 0.463 e. The van der Waals surface area contributed by atoms with Gasteiger partial charge in [0.05, 0.1) is 28.5 Å². The lowest BCUT2D eigenvalue weighted by Gasteiger charge is -2.24. The Morgan fingerprint density at radius 3 is 2.54 bits per heavy atom. The Bertz CT molecular complexity index is 1580. The minimum absolute atomic E-state index is 0.231. The van der Waals surface area contributed by atoms with Crippen molar-refractivity contribution in [3.8, 4) is 0 Å². The molecule has 0 spiro atoms. The number of rotatable bonds is 6. The van der Waals surface area contributed by atoms with E-state index in [4.69, 9.17) is 9.15 Å². The first kappa shape index (κ1) is 23.1. The van der Waals surface area contributed by atoms with Crippen molar-refractivity contribution in [2.24, 2.45) is 4.99 Å². The number of furan rings is 1. The monoisotopic (exact) mass is 502 g/mol. The van der Waals surface area contributed by atoms with E-state index in [9.17, 15) is 9.59 Å². The lowest BCUT2D eigenvalue weighted by molar-refractivity contribution is -0.139. The summed E-state index contributed by atoms with van der Waals surface area (Å²) in [7, 11) is 0. The topological polar surface area (TPSA) is 73.8 Å². The number of esters is 1. The fourth-order valence-corrected chi connectivity index (χ4v) is 5.77. The average Bonchev–Trinajstić information content (AvgIpc) is 3.43. The third-order valence-electron chi connectivity index (χ3n) is 5.47. The van der Waals surface area contributed by atoms with Crippen LogP contribution in [0.2, 0.25) is 0 Å². The second-order valence-corrected chi connectivity index (χ2v) is 9.87. The van der Waals surface area contributed by atoms with Gasteiger partial charge in [-0.05, 0) is 43.7 Å². The summed E-state index contributed by atoms with van der Waals surface area (Å²) in [4.78, 5) is 32.7. The number of carbonyl (C=O) groups is 1. The van der Waals surface area contributed by atoms with E-state index in [-0.39, 0.29) is 12.2 Å². The van der Waals surface area contributed by atoms with Gasteiger partial charge in [0.25, 0.3) is 5.56 Å². The van der Waals surface area contributed by atoms with Crippen LogP contribution in [0.4, 0.5) is 0 Å². The second-order valence-electron chi connectivity index (χ2n) is 7.78. The maximum atomic E-state index is 13.6. The highest BCUT2D eigenvalue weighted by Crippen LogP contribution is 2.31. The summed E-state index contributed by atoms with van der Waals surface area (Å²) in [5, 5.41) is 0.734. The molecular weight excluding hydrogens is 480 g/mol. The van der Waals surface area contributed by atoms with Crippen molar-refractivity contribution in [1.29, 1.82) is 0 Å². The molecule has 1 aliphatic rings. The van der Waals surface area contributed by atoms with Crippen LogP contribution < -0.4 is 14.9 Å². The predicted molar refractivity (Wildman–Crippen MR) is 136 cm³/mol. The molecule has 0 bridgehead atoms. The van der Waals surface area contributed by atoms with Crippen molar-refractivity contribution in [1.82, 2.24) is 4.57 Å². The molecule has 2 aromatic heterocycles. The number of hydrogen-bond donors (Lipinski definition) is 0. The van der Waals surface area contributed by atoms with Gasteiger partial charge in [-0.25, -0.2) is 9.79 Å². The summed E-state index contributed by atoms with van der Waals surface area (Å²) < 4.78 is 13.3. The molecule has 35 heavy (non-hydrogen) atoms. The van der Waals surface area contributed by atoms with Gasteiger partial charge >= 0.3 is 5.97 Å². The molecule has 0 fully saturated rings. The molecule has 3 heterocycles. The van der Waals surface area contributed by atoms with Gasteiger partial charge in [0.1, 0.15) is 5.76 Å². The Morgan fingerprint density at radius 1 is 1.11 bits per heavy atom. The van der Waals surface area contributed by atoms with Gasteiger partial charge in [-0.3, -0.25) is 9.36 Å². The quantitative estimate of drug-likeness (QED) is 0.362. The van der Waals surface area contributed by atoms with Gasteiger partial charge < -0.3 is 9.15 Å². The Hall–Kier alpha value is -3.62. The van der Waals surface area contributed by atoms with Crippen LogP contribution >= 0.6 is 23.1 Å². The summed E-state index contributed by atoms with van der Waals surface area (Å²) in [6.45, 7) is 3.77. The first-order valence-electron chi connectivity index (χ1n) is 11.1. The van der Waals surface area contributed by atoms with Gasteiger partial charge in [0, 0.05) is 11.0 Å². The molecule has 0 amide bonds. The first-order chi connectivity index (χ1) is 17.0. The predicted octanol–water partition coefficient (Wildman–Crippen LogP) is 4.54. The molecule has 4 aromatic rings. The molecular formula is C27H22N2O4S2. The molecule has 2 aromatic carbocycles. The van der Waals surface area contributed by atoms with Crippen LogP contribution in [-0.4, -0.2) is 17.1 Å². The van der Waals surface area contributed by atoms with E-state index in [2.05, 4.69) is 4.99 Å².